The molecule has 29 heavy (non-hydrogen) atoms. The van der Waals surface area contributed by atoms with Gasteiger partial charge in [0.05, 0.1) is 25.9 Å². The van der Waals surface area contributed by atoms with E-state index in [1.807, 2.05) is 43.3 Å². The third kappa shape index (κ3) is 7.56. The number of ether oxygens (including phenoxy) is 2. The molecule has 0 aliphatic carbocycles. The number of hydrogen-bond acceptors (Lipinski definition) is 4. The van der Waals surface area contributed by atoms with Crippen LogP contribution >= 0.6 is 0 Å². The van der Waals surface area contributed by atoms with Crippen molar-refractivity contribution in [1.82, 2.24) is 0 Å². The first kappa shape index (κ1) is 25.9. The molecule has 1 aromatic carbocycles. The van der Waals surface area contributed by atoms with Gasteiger partial charge >= 0.3 is 0 Å². The van der Waals surface area contributed by atoms with E-state index in [1.165, 1.54) is 0 Å². The topological polar surface area (TPSA) is 47.9 Å². The fourth-order valence-corrected chi connectivity index (χ4v) is 4.32. The Kier molecular flexibility index (Phi) is 9.60. The SMILES string of the molecule is C/C=C/[C@H](O)C(C)(C)[C@H](CCOCc1ccc(OC)cc1)O[Si](C)(C)C(C)(C)C. The summed E-state index contributed by atoms with van der Waals surface area (Å²) >= 11 is 0. The lowest BCUT2D eigenvalue weighted by atomic mass is 9.79. The molecular weight excluding hydrogens is 380 g/mol. The van der Waals surface area contributed by atoms with Crippen molar-refractivity contribution in [2.24, 2.45) is 5.41 Å². The summed E-state index contributed by atoms with van der Waals surface area (Å²) in [6.45, 7) is 18.5. The van der Waals surface area contributed by atoms with Crippen molar-refractivity contribution in [3.05, 3.63) is 42.0 Å². The Morgan fingerprint density at radius 2 is 1.66 bits per heavy atom. The lowest BCUT2D eigenvalue weighted by Gasteiger charge is -2.45. The second-order valence-electron chi connectivity index (χ2n) is 9.85. The van der Waals surface area contributed by atoms with Gasteiger partial charge in [-0.1, -0.05) is 58.9 Å². The molecule has 2 atom stereocenters. The maximum absolute atomic E-state index is 10.7. The van der Waals surface area contributed by atoms with Gasteiger partial charge in [-0.05, 0) is 49.2 Å². The maximum atomic E-state index is 10.7. The second-order valence-corrected chi connectivity index (χ2v) is 14.6. The smallest absolute Gasteiger partial charge is 0.192 e. The van der Waals surface area contributed by atoms with Crippen molar-refractivity contribution in [2.75, 3.05) is 13.7 Å². The van der Waals surface area contributed by atoms with Crippen LogP contribution in [0.5, 0.6) is 5.75 Å². The van der Waals surface area contributed by atoms with E-state index in [2.05, 4.69) is 47.7 Å². The van der Waals surface area contributed by atoms with E-state index in [-0.39, 0.29) is 11.1 Å². The normalized spacial score (nSPS) is 15.5. The predicted molar refractivity (Wildman–Crippen MR) is 124 cm³/mol. The largest absolute Gasteiger partial charge is 0.497 e. The van der Waals surface area contributed by atoms with E-state index in [9.17, 15) is 5.11 Å². The van der Waals surface area contributed by atoms with Crippen molar-refractivity contribution in [3.8, 4) is 5.75 Å². The van der Waals surface area contributed by atoms with Gasteiger partial charge < -0.3 is 19.0 Å². The Hall–Kier alpha value is -1.14. The molecule has 5 heteroatoms. The van der Waals surface area contributed by atoms with Gasteiger partial charge in [0, 0.05) is 12.0 Å². The molecule has 0 radical (unpaired) electrons. The van der Waals surface area contributed by atoms with Crippen LogP contribution in [0.15, 0.2) is 36.4 Å². The second kappa shape index (κ2) is 10.8. The number of benzene rings is 1. The van der Waals surface area contributed by atoms with Gasteiger partial charge in [0.25, 0.3) is 0 Å². The zero-order valence-corrected chi connectivity index (χ0v) is 20.9. The van der Waals surface area contributed by atoms with Gasteiger partial charge in [-0.2, -0.15) is 0 Å². The highest BCUT2D eigenvalue weighted by atomic mass is 28.4. The molecule has 1 rings (SSSR count). The van der Waals surface area contributed by atoms with Gasteiger partial charge in [0.1, 0.15) is 5.75 Å². The molecule has 0 heterocycles. The molecule has 166 valence electrons. The number of hydrogen-bond donors (Lipinski definition) is 1. The fraction of sp³-hybridized carbons (Fsp3) is 0.667. The standard InChI is InChI=1S/C24H42O4Si/c1-10-11-21(25)24(5,6)22(28-29(8,9)23(2,3)4)16-17-27-18-19-12-14-20(26-7)15-13-19/h10-15,21-22,25H,16-18H2,1-9H3/b11-10+/t21-,22-/m0/s1. The Morgan fingerprint density at radius 3 is 2.14 bits per heavy atom. The van der Waals surface area contributed by atoms with Gasteiger partial charge in [-0.3, -0.25) is 0 Å². The highest BCUT2D eigenvalue weighted by molar-refractivity contribution is 6.74. The lowest BCUT2D eigenvalue weighted by Crippen LogP contribution is -2.51. The Labute approximate surface area is 179 Å². The van der Waals surface area contributed by atoms with E-state index in [1.54, 1.807) is 7.11 Å². The molecule has 0 unspecified atom stereocenters. The summed E-state index contributed by atoms with van der Waals surface area (Å²) in [5.74, 6) is 0.844. The number of rotatable bonds is 11. The summed E-state index contributed by atoms with van der Waals surface area (Å²) in [6, 6.07) is 7.92. The summed E-state index contributed by atoms with van der Waals surface area (Å²) < 4.78 is 17.9. The summed E-state index contributed by atoms with van der Waals surface area (Å²) in [6.07, 6.45) is 3.83. The summed E-state index contributed by atoms with van der Waals surface area (Å²) in [7, 11) is -0.321. The molecule has 1 aromatic rings. The quantitative estimate of drug-likeness (QED) is 0.272. The minimum absolute atomic E-state index is 0.0922. The summed E-state index contributed by atoms with van der Waals surface area (Å²) in [5, 5.41) is 10.8. The average molecular weight is 423 g/mol. The molecule has 0 spiro atoms. The highest BCUT2D eigenvalue weighted by Crippen LogP contribution is 2.41. The first-order valence-corrected chi connectivity index (χ1v) is 13.5. The maximum Gasteiger partial charge on any atom is 0.192 e. The van der Waals surface area contributed by atoms with Crippen LogP contribution in [0, 0.1) is 5.41 Å². The third-order valence-electron chi connectivity index (χ3n) is 6.16. The molecule has 0 fully saturated rings. The van der Waals surface area contributed by atoms with Crippen LogP contribution in [-0.4, -0.2) is 39.3 Å². The van der Waals surface area contributed by atoms with E-state index >= 15 is 0 Å². The van der Waals surface area contributed by atoms with E-state index in [0.29, 0.717) is 13.2 Å². The molecule has 0 saturated carbocycles. The fourth-order valence-electron chi connectivity index (χ4n) is 2.84. The molecule has 0 aliphatic heterocycles. The Morgan fingerprint density at radius 1 is 1.07 bits per heavy atom. The van der Waals surface area contributed by atoms with Crippen LogP contribution in [0.25, 0.3) is 0 Å². The van der Waals surface area contributed by atoms with Crippen LogP contribution < -0.4 is 4.74 Å². The molecule has 1 N–H and O–H groups in total. The first-order valence-electron chi connectivity index (χ1n) is 10.5. The van der Waals surface area contributed by atoms with Crippen molar-refractivity contribution in [3.63, 3.8) is 0 Å². The van der Waals surface area contributed by atoms with Crippen LogP contribution in [0.2, 0.25) is 18.1 Å². The number of aliphatic hydroxyl groups is 1. The Bertz CT molecular complexity index is 629. The number of aliphatic hydroxyl groups excluding tert-OH is 1. The zero-order valence-electron chi connectivity index (χ0n) is 19.9. The molecule has 0 aromatic heterocycles. The average Bonchev–Trinajstić information content (AvgIpc) is 2.63. The molecule has 0 saturated heterocycles. The lowest BCUT2D eigenvalue weighted by molar-refractivity contribution is -0.0360. The van der Waals surface area contributed by atoms with Crippen LogP contribution in [-0.2, 0) is 15.8 Å². The van der Waals surface area contributed by atoms with Crippen molar-refractivity contribution < 1.29 is 19.0 Å². The Balaban J connectivity index is 2.82. The third-order valence-corrected chi connectivity index (χ3v) is 10.6. The van der Waals surface area contributed by atoms with Crippen LogP contribution in [0.1, 0.15) is 53.5 Å². The minimum Gasteiger partial charge on any atom is -0.497 e. The monoisotopic (exact) mass is 422 g/mol. The van der Waals surface area contributed by atoms with Crippen molar-refractivity contribution in [1.29, 1.82) is 0 Å². The molecule has 4 nitrogen and oxygen atoms in total. The predicted octanol–water partition coefficient (Wildman–Crippen LogP) is 5.96. The van der Waals surface area contributed by atoms with E-state index in [0.717, 1.165) is 17.7 Å². The molecule has 0 amide bonds. The summed E-state index contributed by atoms with van der Waals surface area (Å²) in [4.78, 5) is 0. The zero-order chi connectivity index (χ0) is 22.3. The molecular formula is C24H42O4Si. The van der Waals surface area contributed by atoms with Crippen molar-refractivity contribution in [2.45, 2.75) is 84.9 Å². The summed E-state index contributed by atoms with van der Waals surface area (Å²) in [5.41, 5.74) is 0.701. The number of methoxy groups -OCH3 is 1. The van der Waals surface area contributed by atoms with Gasteiger partial charge in [-0.25, -0.2) is 0 Å². The molecule has 0 bridgehead atoms. The van der Waals surface area contributed by atoms with Gasteiger partial charge in [0.15, 0.2) is 8.32 Å². The van der Waals surface area contributed by atoms with E-state index in [4.69, 9.17) is 13.9 Å². The van der Waals surface area contributed by atoms with Gasteiger partial charge in [0.2, 0.25) is 0 Å². The van der Waals surface area contributed by atoms with Crippen molar-refractivity contribution >= 4 is 8.32 Å². The van der Waals surface area contributed by atoms with Crippen LogP contribution in [0.3, 0.4) is 0 Å². The highest BCUT2D eigenvalue weighted by Gasteiger charge is 2.44. The van der Waals surface area contributed by atoms with E-state index < -0.39 is 19.8 Å². The van der Waals surface area contributed by atoms with Crippen LogP contribution in [0.4, 0.5) is 0 Å². The minimum atomic E-state index is -1.99. The molecule has 0 aliphatic rings. The van der Waals surface area contributed by atoms with Gasteiger partial charge in [-0.15, -0.1) is 0 Å². The first-order chi connectivity index (χ1) is 13.3. The number of allylic oxidation sites excluding steroid dienone is 1.